The molecule has 0 saturated carbocycles. The number of rotatable bonds is 17. The van der Waals surface area contributed by atoms with E-state index >= 15 is 0 Å². The van der Waals surface area contributed by atoms with Gasteiger partial charge in [0.25, 0.3) is 0 Å². The third-order valence-corrected chi connectivity index (χ3v) is 34.9. The van der Waals surface area contributed by atoms with E-state index in [9.17, 15) is 0 Å². The number of aliphatic hydroxyl groups excluding tert-OH is 1. The van der Waals surface area contributed by atoms with E-state index in [1.807, 2.05) is 4.57 Å². The summed E-state index contributed by atoms with van der Waals surface area (Å²) < 4.78 is 35.5. The first-order chi connectivity index (χ1) is 21.8. The average molecular weight is 806 g/mol. The van der Waals surface area contributed by atoms with Crippen LogP contribution in [0, 0.1) is 0 Å². The number of nitrogens with zero attached hydrogens (tertiary/aromatic N) is 4. The summed E-state index contributed by atoms with van der Waals surface area (Å²) in [5.41, 5.74) is 1.27. The van der Waals surface area contributed by atoms with Gasteiger partial charge in [-0.1, -0.05) is 0 Å². The molecule has 1 aliphatic heterocycles. The summed E-state index contributed by atoms with van der Waals surface area (Å²) in [5.74, 6) is 0. The van der Waals surface area contributed by atoms with Crippen molar-refractivity contribution in [2.75, 3.05) is 6.61 Å². The van der Waals surface area contributed by atoms with Gasteiger partial charge in [-0.3, -0.25) is 0 Å². The van der Waals surface area contributed by atoms with Gasteiger partial charge in [0.1, 0.15) is 0 Å². The molecule has 0 aliphatic carbocycles. The van der Waals surface area contributed by atoms with E-state index in [1.165, 1.54) is 51.8 Å². The first kappa shape index (κ1) is 38.7. The molecule has 1 saturated heterocycles. The third kappa shape index (κ3) is 8.98. The van der Waals surface area contributed by atoms with Crippen LogP contribution >= 0.6 is 11.6 Å². The second-order valence-electron chi connectivity index (χ2n) is 16.7. The molecule has 0 amide bonds. The van der Waals surface area contributed by atoms with Gasteiger partial charge in [-0.25, -0.2) is 0 Å². The molecule has 3 rings (SSSR count). The Bertz CT molecular complexity index is 1280. The van der Waals surface area contributed by atoms with Crippen LogP contribution < -0.4 is 3.84 Å². The standard InChI is InChI=1S/C22H38ClN4O4Si2.3C4H9.Sn/c1-21(2,3)32(7,8)29-11-14-16(28)17(31-33(9,10)22(4,5)6)20(30-14)27-13-26-15-18(23)24-12-25-19(15)27;3*1-3-4-2;/h13-14,16-17,20,28H,11H2,1-10H3;3*1,3-4H2,2H3;/t14-,16-,17-,20-;;;;/m1..../s1/i28T;;;;. The molecule has 264 valence electrons. The van der Waals surface area contributed by atoms with Gasteiger partial charge < -0.3 is 0 Å². The van der Waals surface area contributed by atoms with Crippen molar-refractivity contribution < 1.29 is 18.7 Å². The summed E-state index contributed by atoms with van der Waals surface area (Å²) in [4.78, 5) is 15.2. The summed E-state index contributed by atoms with van der Waals surface area (Å²) in [6, 6.07) is 0. The van der Waals surface area contributed by atoms with Gasteiger partial charge in [0, 0.05) is 0 Å². The Morgan fingerprint density at radius 3 is 1.96 bits per heavy atom. The summed E-state index contributed by atoms with van der Waals surface area (Å²) >= 11 is 3.95. The van der Waals surface area contributed by atoms with Gasteiger partial charge in [-0.2, -0.15) is 0 Å². The molecular weight excluding hydrogens is 739 g/mol. The molecule has 0 aromatic carbocycles. The van der Waals surface area contributed by atoms with E-state index in [0.717, 1.165) is 3.84 Å². The van der Waals surface area contributed by atoms with Crippen LogP contribution in [0.3, 0.4) is 0 Å². The SMILES string of the molecule is [3H]O[C@H]1[C@@H](O[Si](C)(C)C(C)(C)C)[C@H](n2cnc3c(Cl)n[c]([Sn]([CH2]CCC)([CH2]CCC)[CH2]CCC)nc32)O[C@@H]1CO[Si](C)(C)C(C)(C)C. The zero-order valence-corrected chi connectivity index (χ0v) is 36.9. The maximum absolute atomic E-state index is 8.25. The number of hydrogen-bond acceptors (Lipinski definition) is 7. The van der Waals surface area contributed by atoms with Crippen molar-refractivity contribution in [1.29, 1.82) is 1.43 Å². The normalized spacial score (nSPS) is 22.2. The molecule has 1 aliphatic rings. The quantitative estimate of drug-likeness (QED) is 0.126. The Hall–Kier alpha value is -0.0875. The summed E-state index contributed by atoms with van der Waals surface area (Å²) in [5, 5.41) is 5.90. The first-order valence-corrected chi connectivity index (χ1v) is 31.5. The maximum atomic E-state index is 8.25. The van der Waals surface area contributed by atoms with Gasteiger partial charge in [-0.15, -0.1) is 0 Å². The number of ether oxygens (including phenoxy) is 1. The molecule has 46 heavy (non-hydrogen) atoms. The van der Waals surface area contributed by atoms with Crippen molar-refractivity contribution in [3.05, 3.63) is 11.5 Å². The number of unbranched alkanes of at least 4 members (excludes halogenated alkanes) is 3. The fraction of sp³-hybridized carbons (Fsp3) is 0.853. The van der Waals surface area contributed by atoms with Crippen molar-refractivity contribution in [2.45, 2.75) is 175 Å². The molecule has 0 unspecified atom stereocenters. The molecular formula is C34H65ClN4O4Si2Sn. The zero-order valence-electron chi connectivity index (χ0n) is 32.3. The fourth-order valence-corrected chi connectivity index (χ4v) is 23.3. The fourth-order valence-electron chi connectivity index (χ4n) is 5.78. The van der Waals surface area contributed by atoms with Crippen LogP contribution in [0.2, 0.25) is 54.7 Å². The minimum absolute atomic E-state index is 0.0374. The number of imidazole rings is 1. The van der Waals surface area contributed by atoms with Gasteiger partial charge in [0.15, 0.2) is 0 Å². The van der Waals surface area contributed by atoms with Gasteiger partial charge in [-0.05, 0) is 0 Å². The van der Waals surface area contributed by atoms with E-state index in [-0.39, 0.29) is 10.1 Å². The van der Waals surface area contributed by atoms with Crippen LogP contribution in [0.4, 0.5) is 0 Å². The minimum atomic E-state index is -3.05. The van der Waals surface area contributed by atoms with Crippen LogP contribution in [0.15, 0.2) is 6.33 Å². The molecule has 1 fully saturated rings. The van der Waals surface area contributed by atoms with Crippen molar-refractivity contribution in [3.8, 4) is 0 Å². The molecule has 0 spiro atoms. The molecule has 8 nitrogen and oxygen atoms in total. The van der Waals surface area contributed by atoms with E-state index in [2.05, 4.69) is 88.5 Å². The summed E-state index contributed by atoms with van der Waals surface area (Å²) in [6.07, 6.45) is 6.57. The topological polar surface area (TPSA) is 91.5 Å². The molecule has 3 heterocycles. The number of halogens is 1. The molecule has 2 aromatic heterocycles. The Morgan fingerprint density at radius 1 is 0.935 bits per heavy atom. The van der Waals surface area contributed by atoms with E-state index in [0.29, 0.717) is 22.9 Å². The van der Waals surface area contributed by atoms with Gasteiger partial charge >= 0.3 is 294 Å². The molecule has 4 atom stereocenters. The second-order valence-corrected chi connectivity index (χ2v) is 39.5. The third-order valence-electron chi connectivity index (χ3n) is 11.1. The van der Waals surface area contributed by atoms with Crippen molar-refractivity contribution >= 4 is 61.6 Å². The van der Waals surface area contributed by atoms with Gasteiger partial charge in [0.05, 0.1) is 0 Å². The van der Waals surface area contributed by atoms with Crippen LogP contribution in [0.1, 0.15) is 107 Å². The Balaban J connectivity index is 2.18. The van der Waals surface area contributed by atoms with E-state index in [1.54, 1.807) is 6.33 Å². The first-order valence-electron chi connectivity index (χ1n) is 18.2. The van der Waals surface area contributed by atoms with Crippen LogP contribution in [0.25, 0.3) is 11.2 Å². The predicted octanol–water partition coefficient (Wildman–Crippen LogP) is 9.21. The van der Waals surface area contributed by atoms with Crippen LogP contribution in [-0.4, -0.2) is 86.0 Å². The van der Waals surface area contributed by atoms with Crippen LogP contribution in [-0.2, 0) is 13.6 Å². The number of fused-ring (bicyclic) bond motifs is 1. The second kappa shape index (κ2) is 15.9. The van der Waals surface area contributed by atoms with Gasteiger partial charge in [0.2, 0.25) is 0 Å². The molecule has 12 heteroatoms. The van der Waals surface area contributed by atoms with Crippen molar-refractivity contribution in [2.24, 2.45) is 0 Å². The molecule has 1 N–H and O–H groups in total. The Morgan fingerprint density at radius 2 is 1.48 bits per heavy atom. The zero-order chi connectivity index (χ0) is 35.4. The molecule has 2 aromatic rings. The number of hydrogen-bond donors (Lipinski definition) is 1. The average Bonchev–Trinajstić information content (AvgIpc) is 3.55. The Labute approximate surface area is 292 Å². The Kier molecular flexibility index (Phi) is 13.3. The van der Waals surface area contributed by atoms with Crippen LogP contribution in [0.5, 0.6) is 0 Å². The molecule has 0 bridgehead atoms. The van der Waals surface area contributed by atoms with Crippen molar-refractivity contribution in [3.63, 3.8) is 0 Å². The monoisotopic (exact) mass is 806 g/mol. The number of aromatic nitrogens is 4. The van der Waals surface area contributed by atoms with E-state index < -0.39 is 59.6 Å². The number of aliphatic hydroxyl groups is 1. The van der Waals surface area contributed by atoms with Crippen molar-refractivity contribution in [1.82, 2.24) is 19.5 Å². The summed E-state index contributed by atoms with van der Waals surface area (Å²) in [7, 11) is -4.42. The summed E-state index contributed by atoms with van der Waals surface area (Å²) in [6.45, 7) is 29.4. The van der Waals surface area contributed by atoms with E-state index in [4.69, 9.17) is 46.7 Å². The molecule has 0 radical (unpaired) electrons. The predicted molar refractivity (Wildman–Crippen MR) is 200 cm³/mol.